The SMILES string of the molecule is CC/C=C\C/C=C\C/C=C\C/C=C\C/C=C\CCCCCCCCCCCCCCCCCC(=O)OCC(O)COP(=O)(O)OCC(O)COP(=O)(O)OCC(COC(=O)CCCCCCCCCCCCCCCCC/C=C\C/C=C\C/C=C\C/C=C\CCCCC)OC(=O)CCCCCCC/C=C\CCCCCCCC. The van der Waals surface area contributed by atoms with Gasteiger partial charge >= 0.3 is 33.6 Å². The van der Waals surface area contributed by atoms with E-state index in [0.29, 0.717) is 19.3 Å². The first-order valence-corrected chi connectivity index (χ1v) is 48.8. The second-order valence-electron chi connectivity index (χ2n) is 30.7. The molecule has 5 unspecified atom stereocenters. The molecule has 0 radical (unpaired) electrons. The fraction of sp³-hybridized carbons (Fsp3) is 0.758. The van der Waals surface area contributed by atoms with Gasteiger partial charge in [0.05, 0.1) is 26.4 Å². The van der Waals surface area contributed by atoms with E-state index in [4.69, 9.17) is 32.3 Å². The summed E-state index contributed by atoms with van der Waals surface area (Å²) in [5.41, 5.74) is 0. The fourth-order valence-electron chi connectivity index (χ4n) is 12.7. The third-order valence-corrected chi connectivity index (χ3v) is 21.5. The van der Waals surface area contributed by atoms with Gasteiger partial charge in [-0.3, -0.25) is 32.5 Å². The van der Waals surface area contributed by atoms with Gasteiger partial charge in [-0.1, -0.05) is 373 Å². The predicted octanol–water partition coefficient (Wildman–Crippen LogP) is 28.0. The van der Waals surface area contributed by atoms with E-state index in [2.05, 4.69) is 142 Å². The normalized spacial score (nSPS) is 14.4. The lowest BCUT2D eigenvalue weighted by atomic mass is 10.0. The standard InChI is InChI=1S/C95H168O16P2/c1-4-7-10-13-16-19-22-25-28-30-32-34-36-38-40-42-44-46-48-50-52-54-56-58-61-63-66-69-72-75-78-81-93(98)105-84-90(96)85-107-112(101,102)108-86-91(97)87-109-113(103,104)110-89-92(111-95(100)83-80-77-74-71-68-65-60-27-24-21-18-15-12-9-6-3)88-106-94(99)82-79-76-73-70-67-64-62-59-57-55-53-51-49-47-45-43-41-39-37-35-33-31-29-26-23-20-17-14-11-8-5-2/h7,10,16-17,19-20,25-29,32-35,38-41,60,90-92,96-97H,4-6,8-9,11-15,18,21-24,30-31,36-37,42-59,61-89H2,1-3H3,(H,101,102)(H,103,104)/b10-7-,19-16-,20-17-,28-25-,29-26-,34-32-,35-33-,40-38-,41-39-,60-27-. The molecule has 654 valence electrons. The lowest BCUT2D eigenvalue weighted by Gasteiger charge is -2.21. The number of aliphatic hydroxyl groups excluding tert-OH is 2. The topological polar surface area (TPSA) is 231 Å². The van der Waals surface area contributed by atoms with E-state index in [-0.39, 0.29) is 19.3 Å². The molecule has 18 heteroatoms. The van der Waals surface area contributed by atoms with Crippen LogP contribution in [0.3, 0.4) is 0 Å². The fourth-order valence-corrected chi connectivity index (χ4v) is 14.3. The van der Waals surface area contributed by atoms with Crippen LogP contribution in [-0.4, -0.2) is 95.9 Å². The van der Waals surface area contributed by atoms with Crippen LogP contribution in [0.1, 0.15) is 406 Å². The van der Waals surface area contributed by atoms with Crippen molar-refractivity contribution in [3.63, 3.8) is 0 Å². The van der Waals surface area contributed by atoms with Gasteiger partial charge in [0.15, 0.2) is 6.10 Å². The van der Waals surface area contributed by atoms with Crippen LogP contribution >= 0.6 is 15.6 Å². The van der Waals surface area contributed by atoms with Crippen LogP contribution in [0.15, 0.2) is 122 Å². The zero-order valence-electron chi connectivity index (χ0n) is 72.0. The summed E-state index contributed by atoms with van der Waals surface area (Å²) in [4.78, 5) is 58.9. The Bertz CT molecular complexity index is 2540. The molecule has 0 aromatic rings. The van der Waals surface area contributed by atoms with Gasteiger partial charge in [-0.25, -0.2) is 9.13 Å². The molecule has 0 saturated carbocycles. The Kier molecular flexibility index (Phi) is 84.1. The van der Waals surface area contributed by atoms with Gasteiger partial charge < -0.3 is 34.2 Å². The summed E-state index contributed by atoms with van der Waals surface area (Å²) in [5.74, 6) is -1.57. The molecule has 16 nitrogen and oxygen atoms in total. The zero-order chi connectivity index (χ0) is 82.2. The first-order valence-electron chi connectivity index (χ1n) is 45.8. The van der Waals surface area contributed by atoms with Crippen molar-refractivity contribution >= 4 is 33.6 Å². The lowest BCUT2D eigenvalue weighted by Crippen LogP contribution is -2.30. The van der Waals surface area contributed by atoms with Gasteiger partial charge in [-0.15, -0.1) is 0 Å². The maximum absolute atomic E-state index is 13.0. The van der Waals surface area contributed by atoms with Gasteiger partial charge in [-0.2, -0.15) is 0 Å². The van der Waals surface area contributed by atoms with Crippen molar-refractivity contribution in [2.24, 2.45) is 0 Å². The molecule has 0 amide bonds. The van der Waals surface area contributed by atoms with Crippen molar-refractivity contribution in [1.82, 2.24) is 0 Å². The minimum atomic E-state index is -4.94. The average molecular weight is 1630 g/mol. The van der Waals surface area contributed by atoms with Gasteiger partial charge in [0.25, 0.3) is 0 Å². The highest BCUT2D eigenvalue weighted by atomic mass is 31.2. The summed E-state index contributed by atoms with van der Waals surface area (Å²) in [6.45, 7) is 2.59. The van der Waals surface area contributed by atoms with Gasteiger partial charge in [0, 0.05) is 19.3 Å². The molecule has 0 spiro atoms. The maximum atomic E-state index is 13.0. The molecule has 0 aromatic heterocycles. The number of allylic oxidation sites excluding steroid dienone is 20. The van der Waals surface area contributed by atoms with Crippen LogP contribution in [0.2, 0.25) is 0 Å². The monoisotopic (exact) mass is 1630 g/mol. The summed E-state index contributed by atoms with van der Waals surface area (Å²) in [5, 5.41) is 20.7. The van der Waals surface area contributed by atoms with E-state index in [9.17, 15) is 43.5 Å². The molecule has 0 aromatic carbocycles. The number of hydrogen-bond acceptors (Lipinski definition) is 14. The summed E-state index contributed by atoms with van der Waals surface area (Å²) < 4.78 is 61.4. The molecule has 0 saturated heterocycles. The Morgan fingerprint density at radius 2 is 0.469 bits per heavy atom. The van der Waals surface area contributed by atoms with Crippen LogP contribution in [0, 0.1) is 0 Å². The van der Waals surface area contributed by atoms with Gasteiger partial charge in [0.1, 0.15) is 25.4 Å². The number of aliphatic hydroxyl groups is 2. The third-order valence-electron chi connectivity index (χ3n) is 19.6. The minimum absolute atomic E-state index is 0.0963. The molecule has 4 N–H and O–H groups in total. The van der Waals surface area contributed by atoms with Crippen LogP contribution in [0.4, 0.5) is 0 Å². The first kappa shape index (κ1) is 109. The van der Waals surface area contributed by atoms with Crippen molar-refractivity contribution in [2.75, 3.05) is 39.6 Å². The molecule has 0 heterocycles. The number of ether oxygens (including phenoxy) is 3. The highest BCUT2D eigenvalue weighted by Crippen LogP contribution is 2.45. The highest BCUT2D eigenvalue weighted by molar-refractivity contribution is 7.47. The molecule has 0 rings (SSSR count). The summed E-state index contributed by atoms with van der Waals surface area (Å²) in [6, 6.07) is 0. The number of carbonyl (C=O) groups is 3. The van der Waals surface area contributed by atoms with Crippen LogP contribution < -0.4 is 0 Å². The number of carbonyl (C=O) groups excluding carboxylic acids is 3. The second kappa shape index (κ2) is 87.3. The van der Waals surface area contributed by atoms with Crippen molar-refractivity contribution in [3.05, 3.63) is 122 Å². The molecular weight excluding hydrogens is 1460 g/mol. The van der Waals surface area contributed by atoms with E-state index in [0.717, 1.165) is 128 Å². The largest absolute Gasteiger partial charge is 0.472 e. The van der Waals surface area contributed by atoms with Crippen LogP contribution in [0.25, 0.3) is 0 Å². The first-order chi connectivity index (χ1) is 55.2. The Labute approximate surface area is 691 Å². The average Bonchev–Trinajstić information content (AvgIpc) is 0.903. The Morgan fingerprint density at radius 1 is 0.257 bits per heavy atom. The molecule has 0 aliphatic rings. The molecular formula is C95H168O16P2. The van der Waals surface area contributed by atoms with Crippen LogP contribution in [0.5, 0.6) is 0 Å². The van der Waals surface area contributed by atoms with Gasteiger partial charge in [-0.05, 0) is 135 Å². The van der Waals surface area contributed by atoms with Crippen molar-refractivity contribution in [1.29, 1.82) is 0 Å². The van der Waals surface area contributed by atoms with E-state index >= 15 is 0 Å². The molecule has 0 aliphatic heterocycles. The number of unbranched alkanes of at least 4 members (excludes halogenated alkanes) is 44. The Morgan fingerprint density at radius 3 is 0.770 bits per heavy atom. The molecule has 5 atom stereocenters. The minimum Gasteiger partial charge on any atom is -0.463 e. The lowest BCUT2D eigenvalue weighted by molar-refractivity contribution is -0.161. The molecule has 0 bridgehead atoms. The van der Waals surface area contributed by atoms with E-state index < -0.39 is 91.5 Å². The predicted molar refractivity (Wildman–Crippen MR) is 473 cm³/mol. The van der Waals surface area contributed by atoms with E-state index in [1.54, 1.807) is 0 Å². The molecule has 0 aliphatic carbocycles. The number of phosphoric ester groups is 2. The van der Waals surface area contributed by atoms with E-state index in [1.165, 1.54) is 218 Å². The molecule has 0 fully saturated rings. The second-order valence-corrected chi connectivity index (χ2v) is 33.6. The van der Waals surface area contributed by atoms with Gasteiger partial charge in [0.2, 0.25) is 0 Å². The van der Waals surface area contributed by atoms with Crippen LogP contribution in [-0.2, 0) is 55.8 Å². The summed E-state index contributed by atoms with van der Waals surface area (Å²) >= 11 is 0. The van der Waals surface area contributed by atoms with Crippen molar-refractivity contribution < 1.29 is 75.8 Å². The quantitative estimate of drug-likeness (QED) is 0.0146. The summed E-state index contributed by atoms with van der Waals surface area (Å²) in [6.07, 6.45) is 107. The number of esters is 3. The number of rotatable bonds is 87. The zero-order valence-corrected chi connectivity index (χ0v) is 73.8. The smallest absolute Gasteiger partial charge is 0.463 e. The highest BCUT2D eigenvalue weighted by Gasteiger charge is 2.29. The maximum Gasteiger partial charge on any atom is 0.472 e. The van der Waals surface area contributed by atoms with Crippen molar-refractivity contribution in [2.45, 2.75) is 424 Å². The van der Waals surface area contributed by atoms with Crippen molar-refractivity contribution in [3.8, 4) is 0 Å². The Hall–Kier alpha value is -4.05. The third kappa shape index (κ3) is 88.6. The summed E-state index contributed by atoms with van der Waals surface area (Å²) in [7, 11) is -9.80. The number of hydrogen-bond donors (Lipinski definition) is 4. The number of phosphoric acid groups is 2. The Balaban J connectivity index is 4.46. The van der Waals surface area contributed by atoms with E-state index in [1.807, 2.05) is 0 Å². The molecule has 113 heavy (non-hydrogen) atoms.